The molecule has 0 aliphatic carbocycles. The lowest BCUT2D eigenvalue weighted by molar-refractivity contribution is -0.138. The van der Waals surface area contributed by atoms with Crippen LogP contribution in [0.3, 0.4) is 0 Å². The van der Waals surface area contributed by atoms with Gasteiger partial charge in [-0.1, -0.05) is 0 Å². The molecule has 2 N–H and O–H groups in total. The Morgan fingerprint density at radius 2 is 1.92 bits per heavy atom. The van der Waals surface area contributed by atoms with Crippen molar-refractivity contribution in [2.45, 2.75) is 58.6 Å². The van der Waals surface area contributed by atoms with Gasteiger partial charge in [0.25, 0.3) is 6.47 Å². The van der Waals surface area contributed by atoms with E-state index in [2.05, 4.69) is 26.5 Å². The highest BCUT2D eigenvalue weighted by molar-refractivity contribution is 5.84. The number of aromatic nitrogens is 2. The average Bonchev–Trinajstić information content (AvgIpc) is 3.46. The minimum Gasteiger partial charge on any atom is -0.497 e. The second-order valence-corrected chi connectivity index (χ2v) is 9.34. The molecule has 196 valence electrons. The second kappa shape index (κ2) is 13.5. The van der Waals surface area contributed by atoms with Gasteiger partial charge in [0.15, 0.2) is 0 Å². The van der Waals surface area contributed by atoms with Crippen LogP contribution in [-0.2, 0) is 27.2 Å². The Labute approximate surface area is 212 Å². The number of carbonyl (C=O) groups is 2. The van der Waals surface area contributed by atoms with E-state index in [1.807, 2.05) is 44.5 Å². The Kier molecular flexibility index (Phi) is 10.7. The molecule has 1 aromatic carbocycles. The number of ketones is 1. The molecule has 0 saturated carbocycles. The van der Waals surface area contributed by atoms with Gasteiger partial charge in [-0.15, -0.1) is 0 Å². The zero-order valence-electron chi connectivity index (χ0n) is 22.0. The minimum atomic E-state index is -0.318. The third kappa shape index (κ3) is 8.27. The van der Waals surface area contributed by atoms with E-state index in [-0.39, 0.29) is 30.3 Å². The number of benzene rings is 1. The van der Waals surface area contributed by atoms with Crippen LogP contribution in [0.2, 0.25) is 0 Å². The van der Waals surface area contributed by atoms with Crippen molar-refractivity contribution in [2.24, 2.45) is 0 Å². The number of ether oxygens (including phenoxy) is 3. The maximum Gasteiger partial charge on any atom is 0.293 e. The lowest BCUT2D eigenvalue weighted by Crippen LogP contribution is -2.17. The number of Topliss-reactive ketones (excluding diaryl/α,β-unsaturated/α-hetero) is 1. The quantitative estimate of drug-likeness (QED) is 0.474. The molecule has 0 bridgehead atoms. The lowest BCUT2D eigenvalue weighted by Gasteiger charge is -2.14. The van der Waals surface area contributed by atoms with Crippen LogP contribution in [0.4, 0.5) is 5.82 Å². The van der Waals surface area contributed by atoms with E-state index in [4.69, 9.17) is 9.47 Å². The molecule has 2 heterocycles. The Morgan fingerprint density at radius 3 is 2.36 bits per heavy atom. The fourth-order valence-electron chi connectivity index (χ4n) is 3.76. The molecule has 0 radical (unpaired) electrons. The van der Waals surface area contributed by atoms with Gasteiger partial charge in [-0.2, -0.15) is 10.4 Å². The van der Waals surface area contributed by atoms with E-state index in [1.54, 1.807) is 20.3 Å². The van der Waals surface area contributed by atoms with E-state index in [1.165, 1.54) is 0 Å². The van der Waals surface area contributed by atoms with E-state index >= 15 is 0 Å². The van der Waals surface area contributed by atoms with Crippen LogP contribution in [0.15, 0.2) is 18.2 Å². The van der Waals surface area contributed by atoms with Crippen LogP contribution in [-0.4, -0.2) is 61.5 Å². The highest BCUT2D eigenvalue weighted by Crippen LogP contribution is 2.27. The van der Waals surface area contributed by atoms with Gasteiger partial charge in [-0.25, -0.2) is 4.68 Å². The monoisotopic (exact) mass is 499 g/mol. The first-order valence-electron chi connectivity index (χ1n) is 12.0. The van der Waals surface area contributed by atoms with E-state index in [9.17, 15) is 14.9 Å². The number of rotatable bonds is 10. The summed E-state index contributed by atoms with van der Waals surface area (Å²) in [6.45, 7) is 10.3. The molecule has 1 fully saturated rings. The van der Waals surface area contributed by atoms with Gasteiger partial charge in [0.05, 0.1) is 32.4 Å². The molecule has 1 atom stereocenters. The maximum atomic E-state index is 12.8. The first kappa shape index (κ1) is 28.7. The van der Waals surface area contributed by atoms with Crippen molar-refractivity contribution in [3.05, 3.63) is 35.0 Å². The third-order valence-electron chi connectivity index (χ3n) is 5.40. The Morgan fingerprint density at radius 1 is 1.25 bits per heavy atom. The van der Waals surface area contributed by atoms with Crippen molar-refractivity contribution in [1.29, 1.82) is 5.26 Å². The predicted octanol–water partition coefficient (Wildman–Crippen LogP) is 3.05. The summed E-state index contributed by atoms with van der Waals surface area (Å²) in [4.78, 5) is 22.4. The highest BCUT2D eigenvalue weighted by Gasteiger charge is 2.26. The first-order chi connectivity index (χ1) is 17.1. The van der Waals surface area contributed by atoms with E-state index < -0.39 is 0 Å². The van der Waals surface area contributed by atoms with Crippen LogP contribution in [0.5, 0.6) is 11.5 Å². The molecule has 0 amide bonds. The number of nitrogens with one attached hydrogen (secondary N) is 2. The number of carbonyl (C=O) groups excluding carboxylic acids is 2. The number of nitrogens with zero attached hydrogens (tertiary/aromatic N) is 3. The summed E-state index contributed by atoms with van der Waals surface area (Å²) in [7, 11) is 3.15. The Hall–Kier alpha value is -3.58. The van der Waals surface area contributed by atoms with Gasteiger partial charge >= 0.3 is 0 Å². The van der Waals surface area contributed by atoms with Gasteiger partial charge in [0.2, 0.25) is 0 Å². The molecule has 0 unspecified atom stereocenters. The van der Waals surface area contributed by atoms with E-state index in [0.29, 0.717) is 41.6 Å². The first-order valence-corrected chi connectivity index (χ1v) is 12.0. The molecule has 1 aromatic heterocycles. The van der Waals surface area contributed by atoms with Crippen molar-refractivity contribution in [3.8, 4) is 17.6 Å². The van der Waals surface area contributed by atoms with Gasteiger partial charge in [0.1, 0.15) is 40.3 Å². The molecule has 36 heavy (non-hydrogen) atoms. The van der Waals surface area contributed by atoms with Crippen molar-refractivity contribution in [3.63, 3.8) is 0 Å². The summed E-state index contributed by atoms with van der Waals surface area (Å²) < 4.78 is 17.0. The second-order valence-electron chi connectivity index (χ2n) is 9.34. The number of nitriles is 1. The summed E-state index contributed by atoms with van der Waals surface area (Å²) in [5, 5.41) is 20.9. The number of hydrogen-bond acceptors (Lipinski definition) is 9. The van der Waals surface area contributed by atoms with Crippen molar-refractivity contribution in [2.75, 3.05) is 39.2 Å². The molecule has 10 nitrogen and oxygen atoms in total. The van der Waals surface area contributed by atoms with Gasteiger partial charge < -0.3 is 24.8 Å². The van der Waals surface area contributed by atoms with Crippen LogP contribution in [0.25, 0.3) is 0 Å². The zero-order chi connectivity index (χ0) is 26.7. The zero-order valence-corrected chi connectivity index (χ0v) is 22.0. The number of anilines is 1. The van der Waals surface area contributed by atoms with Crippen molar-refractivity contribution in [1.82, 2.24) is 15.1 Å². The topological polar surface area (TPSA) is 128 Å². The van der Waals surface area contributed by atoms with Crippen LogP contribution < -0.4 is 20.1 Å². The summed E-state index contributed by atoms with van der Waals surface area (Å²) >= 11 is 0. The summed E-state index contributed by atoms with van der Waals surface area (Å²) in [5.41, 5.74) is 1.46. The summed E-state index contributed by atoms with van der Waals surface area (Å²) in [6.07, 6.45) is 1.27. The predicted molar refractivity (Wildman–Crippen MR) is 136 cm³/mol. The normalized spacial score (nSPS) is 14.8. The molecule has 1 saturated heterocycles. The molecule has 3 rings (SSSR count). The standard InChI is InChI=1S/C21H27N5O3.C5H10O2/c1-4-24-21-19(12-22)20(25-26(21)15-5-6-23-13-15)10-16(27)7-14-8-17(28-2)11-18(9-14)29-3;1-5(2,3)7-4-6/h8-9,11,15,23-24H,4-7,10,13H2,1-3H3;4H,1-3H3/t15-;/m0./s1. The SMILES string of the molecule is CC(C)(C)OC=O.CCNc1c(C#N)c(CC(=O)Cc2cc(OC)cc(OC)c2)nn1[C@H]1CCNC1. The molecule has 10 heteroatoms. The highest BCUT2D eigenvalue weighted by atomic mass is 16.5. The minimum absolute atomic E-state index is 0.0194. The summed E-state index contributed by atoms with van der Waals surface area (Å²) in [6, 6.07) is 7.82. The van der Waals surface area contributed by atoms with Gasteiger partial charge in [0, 0.05) is 25.6 Å². The molecule has 1 aliphatic heterocycles. The van der Waals surface area contributed by atoms with Crippen LogP contribution in [0, 0.1) is 11.3 Å². The molecule has 2 aromatic rings. The number of hydrogen-bond donors (Lipinski definition) is 2. The van der Waals surface area contributed by atoms with Gasteiger partial charge in [-0.05, 0) is 58.4 Å². The average molecular weight is 500 g/mol. The molecular formula is C26H37N5O5. The molecule has 0 spiro atoms. The fraction of sp³-hybridized carbons (Fsp3) is 0.538. The third-order valence-corrected chi connectivity index (χ3v) is 5.40. The smallest absolute Gasteiger partial charge is 0.293 e. The summed E-state index contributed by atoms with van der Waals surface area (Å²) in [5.74, 6) is 1.96. The lowest BCUT2D eigenvalue weighted by atomic mass is 10.0. The molecule has 1 aliphatic rings. The Bertz CT molecular complexity index is 1040. The maximum absolute atomic E-state index is 12.8. The van der Waals surface area contributed by atoms with Crippen molar-refractivity contribution < 1.29 is 23.8 Å². The van der Waals surface area contributed by atoms with Gasteiger partial charge in [-0.3, -0.25) is 9.59 Å². The molecular weight excluding hydrogens is 462 g/mol. The number of methoxy groups -OCH3 is 2. The van der Waals surface area contributed by atoms with E-state index in [0.717, 1.165) is 25.1 Å². The Balaban J connectivity index is 0.000000572. The van der Waals surface area contributed by atoms with Crippen molar-refractivity contribution >= 4 is 18.1 Å². The fourth-order valence-corrected chi connectivity index (χ4v) is 3.76. The largest absolute Gasteiger partial charge is 0.497 e. The van der Waals surface area contributed by atoms with Crippen LogP contribution in [0.1, 0.15) is 57.0 Å². The van der Waals surface area contributed by atoms with Crippen LogP contribution >= 0.6 is 0 Å².